The third kappa shape index (κ3) is 4.19. The molecule has 2 heterocycles. The summed E-state index contributed by atoms with van der Waals surface area (Å²) in [6.07, 6.45) is 2.66. The highest BCUT2D eigenvalue weighted by atomic mass is 32.2. The second-order valence-electron chi connectivity index (χ2n) is 5.85. The predicted octanol–water partition coefficient (Wildman–Crippen LogP) is 1.09. The maximum Gasteiger partial charge on any atom is 0.241 e. The normalized spacial score (nSPS) is 15.3. The molecule has 0 spiro atoms. The summed E-state index contributed by atoms with van der Waals surface area (Å²) in [5, 5.41) is 7.63. The van der Waals surface area contributed by atoms with Crippen LogP contribution >= 0.6 is 0 Å². The number of nitrogens with zero attached hydrogens (tertiary/aromatic N) is 4. The Morgan fingerprint density at radius 1 is 1.33 bits per heavy atom. The van der Waals surface area contributed by atoms with Gasteiger partial charge in [0.05, 0.1) is 13.2 Å². The summed E-state index contributed by atoms with van der Waals surface area (Å²) < 4.78 is 41.2. The molecular formula is C14H20N4O5S. The summed E-state index contributed by atoms with van der Waals surface area (Å²) >= 11 is 0. The summed E-state index contributed by atoms with van der Waals surface area (Å²) in [4.78, 5) is 4.15. The van der Waals surface area contributed by atoms with E-state index in [0.29, 0.717) is 30.5 Å². The van der Waals surface area contributed by atoms with Crippen LogP contribution in [0.25, 0.3) is 0 Å². The van der Waals surface area contributed by atoms with Crippen molar-refractivity contribution < 1.29 is 22.2 Å². The number of sulfonamides is 1. The summed E-state index contributed by atoms with van der Waals surface area (Å²) in [6.45, 7) is 0.484. The molecule has 0 N–H and O–H groups in total. The summed E-state index contributed by atoms with van der Waals surface area (Å²) in [5.74, 6) is 1.68. The van der Waals surface area contributed by atoms with Crippen LogP contribution in [0.1, 0.15) is 41.9 Å². The fourth-order valence-electron chi connectivity index (χ4n) is 2.19. The monoisotopic (exact) mass is 356 g/mol. The summed E-state index contributed by atoms with van der Waals surface area (Å²) in [6, 6.07) is 1.72. The van der Waals surface area contributed by atoms with Crippen molar-refractivity contribution in [2.24, 2.45) is 0 Å². The van der Waals surface area contributed by atoms with E-state index in [1.54, 1.807) is 13.2 Å². The molecule has 0 atom stereocenters. The Kier molecular flexibility index (Phi) is 4.97. The molecule has 2 aromatic heterocycles. The van der Waals surface area contributed by atoms with Gasteiger partial charge in [-0.25, -0.2) is 8.42 Å². The van der Waals surface area contributed by atoms with Crippen molar-refractivity contribution in [2.45, 2.75) is 37.5 Å². The summed E-state index contributed by atoms with van der Waals surface area (Å²) in [5.41, 5.74) is 0.412. The van der Waals surface area contributed by atoms with Crippen LogP contribution in [0.15, 0.2) is 15.1 Å². The number of hydrogen-bond donors (Lipinski definition) is 0. The molecule has 0 amide bonds. The van der Waals surface area contributed by atoms with Gasteiger partial charge in [0.1, 0.15) is 17.2 Å². The van der Waals surface area contributed by atoms with Crippen LogP contribution in [0, 0.1) is 0 Å². The van der Waals surface area contributed by atoms with Crippen molar-refractivity contribution in [2.75, 3.05) is 20.8 Å². The zero-order chi connectivity index (χ0) is 17.2. The van der Waals surface area contributed by atoms with Gasteiger partial charge >= 0.3 is 0 Å². The number of rotatable bonds is 9. The molecule has 0 aromatic carbocycles. The minimum atomic E-state index is -3.55. The first-order valence-corrected chi connectivity index (χ1v) is 9.29. The van der Waals surface area contributed by atoms with Gasteiger partial charge in [0.15, 0.2) is 5.82 Å². The fraction of sp³-hybridized carbons (Fsp3) is 0.643. The van der Waals surface area contributed by atoms with E-state index in [9.17, 15) is 8.42 Å². The van der Waals surface area contributed by atoms with Crippen molar-refractivity contribution in [3.8, 4) is 0 Å². The smallest absolute Gasteiger partial charge is 0.241 e. The Balaban J connectivity index is 1.59. The van der Waals surface area contributed by atoms with Crippen LogP contribution in [-0.2, 0) is 33.5 Å². The van der Waals surface area contributed by atoms with E-state index in [-0.39, 0.29) is 18.2 Å². The average Bonchev–Trinajstić information content (AvgIpc) is 3.13. The largest absolute Gasteiger partial charge is 0.384 e. The molecule has 1 aliphatic carbocycles. The number of aromatic nitrogens is 3. The number of methoxy groups -OCH3 is 1. The van der Waals surface area contributed by atoms with Crippen LogP contribution in [0.3, 0.4) is 0 Å². The van der Waals surface area contributed by atoms with Crippen molar-refractivity contribution in [3.05, 3.63) is 29.2 Å². The van der Waals surface area contributed by atoms with Gasteiger partial charge in [-0.3, -0.25) is 0 Å². The fourth-order valence-corrected chi connectivity index (χ4v) is 3.23. The molecule has 9 nitrogen and oxygen atoms in total. The van der Waals surface area contributed by atoms with Gasteiger partial charge in [0.2, 0.25) is 15.9 Å². The molecule has 3 rings (SSSR count). The molecule has 0 saturated heterocycles. The first kappa shape index (κ1) is 17.1. The molecular weight excluding hydrogens is 336 g/mol. The molecule has 10 heteroatoms. The standard InChI is InChI=1S/C14H20N4O5S/c1-18(8-14-15-13(17-23-14)5-6-21-2)24(19,20)9-11-7-12(22-16-11)10-3-4-10/h7,10H,3-6,8-9H2,1-2H3. The lowest BCUT2D eigenvalue weighted by Gasteiger charge is -2.13. The van der Waals surface area contributed by atoms with Gasteiger partial charge in [0, 0.05) is 32.6 Å². The highest BCUT2D eigenvalue weighted by Crippen LogP contribution is 2.40. The quantitative estimate of drug-likeness (QED) is 0.656. The second kappa shape index (κ2) is 6.99. The number of hydrogen-bond acceptors (Lipinski definition) is 8. The molecule has 1 saturated carbocycles. The van der Waals surface area contributed by atoms with Crippen LogP contribution in [-0.4, -0.2) is 48.8 Å². The van der Waals surface area contributed by atoms with Crippen LogP contribution < -0.4 is 0 Å². The number of ether oxygens (including phenoxy) is 1. The second-order valence-corrected chi connectivity index (χ2v) is 7.93. The molecule has 0 bridgehead atoms. The molecule has 0 unspecified atom stereocenters. The maximum absolute atomic E-state index is 12.4. The van der Waals surface area contributed by atoms with Crippen LogP contribution in [0.5, 0.6) is 0 Å². The minimum absolute atomic E-state index is 0.00957. The van der Waals surface area contributed by atoms with E-state index in [1.165, 1.54) is 11.4 Å². The molecule has 0 aliphatic heterocycles. The van der Waals surface area contributed by atoms with E-state index in [2.05, 4.69) is 15.3 Å². The first-order chi connectivity index (χ1) is 11.5. The van der Waals surface area contributed by atoms with Crippen LogP contribution in [0.4, 0.5) is 0 Å². The summed E-state index contributed by atoms with van der Waals surface area (Å²) in [7, 11) is -0.501. The van der Waals surface area contributed by atoms with Crippen molar-refractivity contribution in [3.63, 3.8) is 0 Å². The lowest BCUT2D eigenvalue weighted by atomic mass is 10.3. The van der Waals surface area contributed by atoms with Gasteiger partial charge in [-0.15, -0.1) is 0 Å². The van der Waals surface area contributed by atoms with Gasteiger partial charge in [0.25, 0.3) is 0 Å². The van der Waals surface area contributed by atoms with E-state index in [1.807, 2.05) is 0 Å². The SMILES string of the molecule is COCCc1noc(CN(C)S(=O)(=O)Cc2cc(C3CC3)on2)n1. The van der Waals surface area contributed by atoms with Gasteiger partial charge in [-0.2, -0.15) is 9.29 Å². The maximum atomic E-state index is 12.4. The predicted molar refractivity (Wildman–Crippen MR) is 82.4 cm³/mol. The van der Waals surface area contributed by atoms with Crippen molar-refractivity contribution in [1.29, 1.82) is 0 Å². The van der Waals surface area contributed by atoms with E-state index in [4.69, 9.17) is 13.8 Å². The Labute approximate surface area is 140 Å². The Hall–Kier alpha value is -1.78. The van der Waals surface area contributed by atoms with E-state index >= 15 is 0 Å². The lowest BCUT2D eigenvalue weighted by molar-refractivity contribution is 0.199. The Morgan fingerprint density at radius 3 is 2.83 bits per heavy atom. The highest BCUT2D eigenvalue weighted by molar-refractivity contribution is 7.88. The van der Waals surface area contributed by atoms with Gasteiger partial charge in [-0.05, 0) is 12.8 Å². The zero-order valence-corrected chi connectivity index (χ0v) is 14.5. The van der Waals surface area contributed by atoms with Crippen LogP contribution in [0.2, 0.25) is 0 Å². The van der Waals surface area contributed by atoms with E-state index < -0.39 is 10.0 Å². The van der Waals surface area contributed by atoms with Gasteiger partial charge in [-0.1, -0.05) is 10.3 Å². The molecule has 0 radical (unpaired) electrons. The topological polar surface area (TPSA) is 112 Å². The molecule has 1 fully saturated rings. The third-order valence-corrected chi connectivity index (χ3v) is 5.50. The molecule has 2 aromatic rings. The van der Waals surface area contributed by atoms with Crippen molar-refractivity contribution in [1.82, 2.24) is 19.6 Å². The molecule has 132 valence electrons. The van der Waals surface area contributed by atoms with E-state index in [0.717, 1.165) is 18.6 Å². The average molecular weight is 356 g/mol. The van der Waals surface area contributed by atoms with Crippen molar-refractivity contribution >= 4 is 10.0 Å². The third-order valence-electron chi connectivity index (χ3n) is 3.76. The lowest BCUT2D eigenvalue weighted by Crippen LogP contribution is -2.28. The minimum Gasteiger partial charge on any atom is -0.384 e. The molecule has 1 aliphatic rings. The highest BCUT2D eigenvalue weighted by Gasteiger charge is 2.29. The Bertz CT molecular complexity index is 781. The first-order valence-electron chi connectivity index (χ1n) is 7.68. The Morgan fingerprint density at radius 2 is 2.12 bits per heavy atom. The molecule has 24 heavy (non-hydrogen) atoms. The zero-order valence-electron chi connectivity index (χ0n) is 13.6. The van der Waals surface area contributed by atoms with Gasteiger partial charge < -0.3 is 13.8 Å².